The van der Waals surface area contributed by atoms with Gasteiger partial charge in [-0.25, -0.2) is 4.79 Å². The van der Waals surface area contributed by atoms with Gasteiger partial charge in [-0.3, -0.25) is 0 Å². The van der Waals surface area contributed by atoms with Gasteiger partial charge in [-0.1, -0.05) is 12.1 Å². The van der Waals surface area contributed by atoms with Gasteiger partial charge < -0.3 is 20.3 Å². The number of hydrogen-bond acceptors (Lipinski definition) is 4. The number of thiocarbonyl (C=S) groups is 1. The molecule has 0 amide bonds. The monoisotopic (exact) mass is 319 g/mol. The number of nitrogens with zero attached hydrogens (tertiary/aromatic N) is 1. The van der Waals surface area contributed by atoms with Gasteiger partial charge in [0.15, 0.2) is 5.11 Å². The van der Waals surface area contributed by atoms with Crippen molar-refractivity contribution in [1.29, 1.82) is 0 Å². The Morgan fingerprint density at radius 1 is 1.32 bits per heavy atom. The summed E-state index contributed by atoms with van der Waals surface area (Å²) in [6.45, 7) is 2.60. The van der Waals surface area contributed by atoms with E-state index in [-0.39, 0.29) is 5.97 Å². The van der Waals surface area contributed by atoms with Crippen molar-refractivity contribution >= 4 is 29.0 Å². The topological polar surface area (TPSA) is 53.6 Å². The van der Waals surface area contributed by atoms with Gasteiger partial charge in [-0.05, 0) is 36.8 Å². The zero-order valence-corrected chi connectivity index (χ0v) is 13.9. The minimum Gasteiger partial charge on any atom is -0.462 e. The van der Waals surface area contributed by atoms with Crippen molar-refractivity contribution in [2.45, 2.75) is 13.3 Å². The molecule has 0 aliphatic carbocycles. The maximum atomic E-state index is 12.0. The molecule has 1 aromatic rings. The number of carbonyl (C=O) groups is 1. The summed E-state index contributed by atoms with van der Waals surface area (Å²) >= 11 is 4.99. The van der Waals surface area contributed by atoms with Crippen molar-refractivity contribution in [3.05, 3.63) is 41.1 Å². The third-order valence-corrected chi connectivity index (χ3v) is 3.75. The van der Waals surface area contributed by atoms with Gasteiger partial charge in [-0.15, -0.1) is 0 Å². The van der Waals surface area contributed by atoms with Crippen molar-refractivity contribution in [1.82, 2.24) is 10.6 Å². The molecule has 1 heterocycles. The Morgan fingerprint density at radius 2 is 2.00 bits per heavy atom. The van der Waals surface area contributed by atoms with Crippen LogP contribution in [-0.2, 0) is 16.0 Å². The van der Waals surface area contributed by atoms with Gasteiger partial charge in [0, 0.05) is 31.9 Å². The van der Waals surface area contributed by atoms with Crippen LogP contribution in [0.3, 0.4) is 0 Å². The first kappa shape index (κ1) is 16.3. The average Bonchev–Trinajstić information content (AvgIpc) is 2.47. The number of nitrogens with one attached hydrogen (secondary N) is 2. The van der Waals surface area contributed by atoms with Crippen LogP contribution in [0.15, 0.2) is 35.5 Å². The molecule has 118 valence electrons. The lowest BCUT2D eigenvalue weighted by atomic mass is 10.1. The second-order valence-corrected chi connectivity index (χ2v) is 5.77. The van der Waals surface area contributed by atoms with Crippen LogP contribution in [0.1, 0.15) is 12.5 Å². The molecule has 0 spiro atoms. The molecular formula is C16H21N3O2S. The maximum Gasteiger partial charge on any atom is 0.337 e. The van der Waals surface area contributed by atoms with Crippen LogP contribution in [0.25, 0.3) is 0 Å². The molecule has 0 saturated heterocycles. The predicted octanol–water partition coefficient (Wildman–Crippen LogP) is 1.59. The molecule has 2 N–H and O–H groups in total. The summed E-state index contributed by atoms with van der Waals surface area (Å²) in [4.78, 5) is 14.1. The molecule has 22 heavy (non-hydrogen) atoms. The standard InChI is InChI=1S/C16H21N3O2S/c1-11-14(10-17-16(22)18-11)15(20)21-9-8-12-4-6-13(7-5-12)19(2)3/h4-7H,8-10H2,1-3H3,(H2,17,18,22). The minimum absolute atomic E-state index is 0.301. The molecule has 0 fully saturated rings. The van der Waals surface area contributed by atoms with Crippen LogP contribution in [-0.4, -0.2) is 38.3 Å². The van der Waals surface area contributed by atoms with Crippen LogP contribution in [0.2, 0.25) is 0 Å². The van der Waals surface area contributed by atoms with E-state index in [1.807, 2.05) is 25.9 Å². The van der Waals surface area contributed by atoms with Gasteiger partial charge in [0.2, 0.25) is 0 Å². The van der Waals surface area contributed by atoms with Gasteiger partial charge in [0.05, 0.1) is 18.7 Å². The molecule has 2 rings (SSSR count). The molecule has 0 atom stereocenters. The van der Waals surface area contributed by atoms with Crippen LogP contribution in [0.4, 0.5) is 5.69 Å². The summed E-state index contributed by atoms with van der Waals surface area (Å²) in [6.07, 6.45) is 0.699. The first-order valence-corrected chi connectivity index (χ1v) is 7.56. The van der Waals surface area contributed by atoms with E-state index in [0.29, 0.717) is 30.3 Å². The van der Waals surface area contributed by atoms with E-state index in [1.54, 1.807) is 0 Å². The molecule has 1 aliphatic rings. The molecule has 0 bridgehead atoms. The lowest BCUT2D eigenvalue weighted by Gasteiger charge is -2.20. The van der Waals surface area contributed by atoms with Gasteiger partial charge in [-0.2, -0.15) is 0 Å². The Hall–Kier alpha value is -2.08. The highest BCUT2D eigenvalue weighted by atomic mass is 32.1. The van der Waals surface area contributed by atoms with Gasteiger partial charge in [0.25, 0.3) is 0 Å². The number of benzene rings is 1. The Bertz CT molecular complexity index is 594. The fourth-order valence-corrected chi connectivity index (χ4v) is 2.35. The highest BCUT2D eigenvalue weighted by Gasteiger charge is 2.19. The Labute approximate surface area is 136 Å². The average molecular weight is 319 g/mol. The molecule has 0 radical (unpaired) electrons. The third kappa shape index (κ3) is 4.21. The van der Waals surface area contributed by atoms with Crippen molar-refractivity contribution in [3.8, 4) is 0 Å². The molecule has 0 aromatic heterocycles. The van der Waals surface area contributed by atoms with E-state index < -0.39 is 0 Å². The van der Waals surface area contributed by atoms with Crippen LogP contribution >= 0.6 is 12.2 Å². The molecular weight excluding hydrogens is 298 g/mol. The summed E-state index contributed by atoms with van der Waals surface area (Å²) in [5.41, 5.74) is 3.64. The number of allylic oxidation sites excluding steroid dienone is 1. The van der Waals surface area contributed by atoms with Crippen LogP contribution < -0.4 is 15.5 Å². The zero-order valence-electron chi connectivity index (χ0n) is 13.1. The van der Waals surface area contributed by atoms with E-state index in [4.69, 9.17) is 17.0 Å². The Balaban J connectivity index is 1.84. The minimum atomic E-state index is -0.301. The fraction of sp³-hybridized carbons (Fsp3) is 0.375. The Morgan fingerprint density at radius 3 is 2.59 bits per heavy atom. The highest BCUT2D eigenvalue weighted by molar-refractivity contribution is 7.80. The SMILES string of the molecule is CC1=C(C(=O)OCCc2ccc(N(C)C)cc2)CNC(=S)N1. The van der Waals surface area contributed by atoms with Crippen molar-refractivity contribution < 1.29 is 9.53 Å². The lowest BCUT2D eigenvalue weighted by Crippen LogP contribution is -2.43. The fourth-order valence-electron chi connectivity index (χ4n) is 2.13. The number of rotatable bonds is 5. The first-order chi connectivity index (χ1) is 10.5. The van der Waals surface area contributed by atoms with E-state index in [1.165, 1.54) is 0 Å². The highest BCUT2D eigenvalue weighted by Crippen LogP contribution is 2.13. The molecule has 1 aliphatic heterocycles. The largest absolute Gasteiger partial charge is 0.462 e. The molecule has 6 heteroatoms. The van der Waals surface area contributed by atoms with Gasteiger partial charge in [0.1, 0.15) is 0 Å². The first-order valence-electron chi connectivity index (χ1n) is 7.15. The van der Waals surface area contributed by atoms with E-state index in [9.17, 15) is 4.79 Å². The van der Waals surface area contributed by atoms with Crippen molar-refractivity contribution in [2.24, 2.45) is 0 Å². The second-order valence-electron chi connectivity index (χ2n) is 5.36. The van der Waals surface area contributed by atoms with Crippen LogP contribution in [0.5, 0.6) is 0 Å². The summed E-state index contributed by atoms with van der Waals surface area (Å²) in [5.74, 6) is -0.301. The smallest absolute Gasteiger partial charge is 0.337 e. The lowest BCUT2D eigenvalue weighted by molar-refractivity contribution is -0.139. The second kappa shape index (κ2) is 7.26. The number of hydrogen-bond donors (Lipinski definition) is 2. The zero-order chi connectivity index (χ0) is 16.1. The normalized spacial score (nSPS) is 14.2. The van der Waals surface area contributed by atoms with E-state index in [2.05, 4.69) is 34.9 Å². The Kier molecular flexibility index (Phi) is 5.38. The van der Waals surface area contributed by atoms with Crippen molar-refractivity contribution in [3.63, 3.8) is 0 Å². The quantitative estimate of drug-likeness (QED) is 0.635. The molecule has 0 saturated carbocycles. The van der Waals surface area contributed by atoms with E-state index in [0.717, 1.165) is 16.9 Å². The third-order valence-electron chi connectivity index (χ3n) is 3.50. The molecule has 1 aromatic carbocycles. The van der Waals surface area contributed by atoms with E-state index >= 15 is 0 Å². The maximum absolute atomic E-state index is 12.0. The molecule has 5 nitrogen and oxygen atoms in total. The summed E-state index contributed by atoms with van der Waals surface area (Å²) in [5, 5.41) is 6.39. The van der Waals surface area contributed by atoms with Crippen molar-refractivity contribution in [2.75, 3.05) is 32.1 Å². The number of carbonyl (C=O) groups excluding carboxylic acids is 1. The van der Waals surface area contributed by atoms with Crippen LogP contribution in [0, 0.1) is 0 Å². The summed E-state index contributed by atoms with van der Waals surface area (Å²) in [6, 6.07) is 8.21. The molecule has 0 unspecified atom stereocenters. The number of anilines is 1. The summed E-state index contributed by atoms with van der Waals surface area (Å²) < 4.78 is 5.34. The number of esters is 1. The predicted molar refractivity (Wildman–Crippen MR) is 91.9 cm³/mol. The number of ether oxygens (including phenoxy) is 1. The summed E-state index contributed by atoms with van der Waals surface area (Å²) in [7, 11) is 4.01. The van der Waals surface area contributed by atoms with Gasteiger partial charge >= 0.3 is 5.97 Å².